The van der Waals surface area contributed by atoms with Crippen molar-refractivity contribution in [3.05, 3.63) is 194 Å². The van der Waals surface area contributed by atoms with Gasteiger partial charge in [-0.3, -0.25) is 0 Å². The minimum absolute atomic E-state index is 0.643. The molecule has 0 saturated carbocycles. The maximum Gasteiger partial charge on any atom is 0.164 e. The average Bonchev–Trinajstić information content (AvgIpc) is 3.83. The highest BCUT2D eigenvalue weighted by atomic mass is 32.1. The van der Waals surface area contributed by atoms with Crippen LogP contribution in [-0.2, 0) is 0 Å². The van der Waals surface area contributed by atoms with E-state index in [-0.39, 0.29) is 0 Å². The molecule has 0 spiro atoms. The Morgan fingerprint density at radius 2 is 0.911 bits per heavy atom. The molecule has 11 aromatic rings. The normalized spacial score (nSPS) is 11.6. The molecule has 4 nitrogen and oxygen atoms in total. The number of hydrogen-bond donors (Lipinski definition) is 0. The molecular formula is C51H32N4S. The number of benzene rings is 8. The highest BCUT2D eigenvalue weighted by Gasteiger charge is 2.21. The summed E-state index contributed by atoms with van der Waals surface area (Å²) in [6.45, 7) is 0. The topological polar surface area (TPSA) is 43.6 Å². The van der Waals surface area contributed by atoms with Gasteiger partial charge in [0.2, 0.25) is 0 Å². The Bertz CT molecular complexity index is 3160. The standard InChI is InChI=1S/C51H32N4S/c1-4-14-34(15-5-1)40-23-13-24-43-46-44(31-30-42-41-22-10-11-25-45(41)56-48(42)46)55(47(40)43)39-21-12-20-38(32-39)33-26-28-37(29-27-33)51-53-49(35-16-6-2-7-17-35)52-50(54-51)36-18-8-3-9-19-36/h1-32H. The molecule has 5 heteroatoms. The van der Waals surface area contributed by atoms with E-state index in [0.29, 0.717) is 17.5 Å². The average molecular weight is 733 g/mol. The fraction of sp³-hybridized carbons (Fsp3) is 0. The Kier molecular flexibility index (Phi) is 7.64. The first-order chi connectivity index (χ1) is 27.8. The summed E-state index contributed by atoms with van der Waals surface area (Å²) in [5, 5.41) is 5.18. The van der Waals surface area contributed by atoms with Crippen molar-refractivity contribution >= 4 is 53.3 Å². The summed E-state index contributed by atoms with van der Waals surface area (Å²) in [6.07, 6.45) is 0. The molecule has 0 aliphatic rings. The molecule has 0 radical (unpaired) electrons. The Morgan fingerprint density at radius 1 is 0.375 bits per heavy atom. The molecule has 0 aliphatic heterocycles. The van der Waals surface area contributed by atoms with Crippen LogP contribution in [0.25, 0.3) is 104 Å². The first kappa shape index (κ1) is 32.2. The summed E-state index contributed by atoms with van der Waals surface area (Å²) in [7, 11) is 0. The monoisotopic (exact) mass is 732 g/mol. The molecule has 8 aromatic carbocycles. The summed E-state index contributed by atoms with van der Waals surface area (Å²) in [5.74, 6) is 1.95. The Hall–Kier alpha value is -7.21. The van der Waals surface area contributed by atoms with Crippen LogP contribution in [0.2, 0.25) is 0 Å². The molecular weight excluding hydrogens is 701 g/mol. The van der Waals surface area contributed by atoms with Gasteiger partial charge in [0.25, 0.3) is 0 Å². The van der Waals surface area contributed by atoms with E-state index in [0.717, 1.165) is 33.5 Å². The molecule has 0 saturated heterocycles. The first-order valence-corrected chi connectivity index (χ1v) is 19.6. The van der Waals surface area contributed by atoms with E-state index in [1.54, 1.807) is 0 Å². The van der Waals surface area contributed by atoms with E-state index in [1.165, 1.54) is 53.1 Å². The zero-order valence-corrected chi connectivity index (χ0v) is 31.0. The van der Waals surface area contributed by atoms with Gasteiger partial charge in [-0.15, -0.1) is 11.3 Å². The fourth-order valence-electron chi connectivity index (χ4n) is 8.02. The second kappa shape index (κ2) is 13.3. The zero-order valence-electron chi connectivity index (χ0n) is 30.2. The van der Waals surface area contributed by atoms with Crippen LogP contribution in [0.3, 0.4) is 0 Å². The van der Waals surface area contributed by atoms with Gasteiger partial charge in [-0.2, -0.15) is 0 Å². The maximum atomic E-state index is 4.95. The van der Waals surface area contributed by atoms with Crippen molar-refractivity contribution in [3.8, 4) is 62.1 Å². The largest absolute Gasteiger partial charge is 0.309 e. The summed E-state index contributed by atoms with van der Waals surface area (Å²) in [6, 6.07) is 68.6. The van der Waals surface area contributed by atoms with Crippen LogP contribution in [0.1, 0.15) is 0 Å². The Balaban J connectivity index is 1.06. The van der Waals surface area contributed by atoms with Gasteiger partial charge in [0.1, 0.15) is 0 Å². The number of nitrogens with zero attached hydrogens (tertiary/aromatic N) is 4. The van der Waals surface area contributed by atoms with Crippen molar-refractivity contribution in [2.45, 2.75) is 0 Å². The second-order valence-corrected chi connectivity index (χ2v) is 15.1. The molecule has 0 amide bonds. The van der Waals surface area contributed by atoms with Crippen LogP contribution in [0.4, 0.5) is 0 Å². The minimum atomic E-state index is 0.643. The van der Waals surface area contributed by atoms with Crippen molar-refractivity contribution in [2.24, 2.45) is 0 Å². The van der Waals surface area contributed by atoms with Crippen LogP contribution < -0.4 is 0 Å². The predicted octanol–water partition coefficient (Wildman–Crippen LogP) is 13.7. The third-order valence-electron chi connectivity index (χ3n) is 10.7. The van der Waals surface area contributed by atoms with Crippen LogP contribution in [0.15, 0.2) is 194 Å². The molecule has 3 heterocycles. The maximum absolute atomic E-state index is 4.95. The van der Waals surface area contributed by atoms with E-state index in [1.807, 2.05) is 72.0 Å². The van der Waals surface area contributed by atoms with Crippen molar-refractivity contribution < 1.29 is 0 Å². The summed E-state index contributed by atoms with van der Waals surface area (Å²) < 4.78 is 5.11. The van der Waals surface area contributed by atoms with Crippen molar-refractivity contribution in [2.75, 3.05) is 0 Å². The van der Waals surface area contributed by atoms with Gasteiger partial charge in [-0.25, -0.2) is 15.0 Å². The van der Waals surface area contributed by atoms with Crippen LogP contribution in [0, 0.1) is 0 Å². The minimum Gasteiger partial charge on any atom is -0.309 e. The smallest absolute Gasteiger partial charge is 0.164 e. The lowest BCUT2D eigenvalue weighted by Gasteiger charge is -2.13. The number of hydrogen-bond acceptors (Lipinski definition) is 4. The van der Waals surface area contributed by atoms with E-state index < -0.39 is 0 Å². The lowest BCUT2D eigenvalue weighted by Crippen LogP contribution is -2.00. The van der Waals surface area contributed by atoms with Gasteiger partial charge in [0.15, 0.2) is 17.5 Å². The van der Waals surface area contributed by atoms with Gasteiger partial charge in [0, 0.05) is 58.9 Å². The number of rotatable bonds is 6. The van der Waals surface area contributed by atoms with Gasteiger partial charge in [-0.05, 0) is 41.0 Å². The molecule has 0 bridgehead atoms. The molecule has 3 aromatic heterocycles. The number of para-hydroxylation sites is 1. The van der Waals surface area contributed by atoms with Gasteiger partial charge >= 0.3 is 0 Å². The number of fused-ring (bicyclic) bond motifs is 7. The zero-order chi connectivity index (χ0) is 37.0. The fourth-order valence-corrected chi connectivity index (χ4v) is 9.28. The lowest BCUT2D eigenvalue weighted by molar-refractivity contribution is 1.07. The van der Waals surface area contributed by atoms with Crippen molar-refractivity contribution in [1.82, 2.24) is 19.5 Å². The highest BCUT2D eigenvalue weighted by molar-refractivity contribution is 7.26. The first-order valence-electron chi connectivity index (χ1n) is 18.8. The second-order valence-electron chi connectivity index (χ2n) is 14.0. The molecule has 0 unspecified atom stereocenters. The van der Waals surface area contributed by atoms with Crippen LogP contribution in [-0.4, -0.2) is 19.5 Å². The van der Waals surface area contributed by atoms with Crippen LogP contribution >= 0.6 is 11.3 Å². The van der Waals surface area contributed by atoms with Crippen molar-refractivity contribution in [1.29, 1.82) is 0 Å². The number of aromatic nitrogens is 4. The summed E-state index contributed by atoms with van der Waals surface area (Å²) >= 11 is 1.89. The third-order valence-corrected chi connectivity index (χ3v) is 11.9. The van der Waals surface area contributed by atoms with Crippen LogP contribution in [0.5, 0.6) is 0 Å². The van der Waals surface area contributed by atoms with E-state index in [9.17, 15) is 0 Å². The quantitative estimate of drug-likeness (QED) is 0.171. The molecule has 0 N–H and O–H groups in total. The third kappa shape index (κ3) is 5.40. The van der Waals surface area contributed by atoms with Gasteiger partial charge in [-0.1, -0.05) is 170 Å². The summed E-state index contributed by atoms with van der Waals surface area (Å²) in [4.78, 5) is 14.8. The Morgan fingerprint density at radius 3 is 1.59 bits per heavy atom. The molecule has 0 atom stereocenters. The molecule has 56 heavy (non-hydrogen) atoms. The summed E-state index contributed by atoms with van der Waals surface area (Å²) in [5.41, 5.74) is 11.0. The highest BCUT2D eigenvalue weighted by Crippen LogP contribution is 2.45. The SMILES string of the molecule is c1ccc(-c2nc(-c3ccccc3)nc(-c3ccc(-c4cccc(-n5c6ccc7c8ccccc8sc7c6c6cccc(-c7ccccc7)c65)c4)cc3)n2)cc1. The molecule has 262 valence electrons. The van der Waals surface area contributed by atoms with E-state index in [4.69, 9.17) is 15.0 Å². The predicted molar refractivity (Wildman–Crippen MR) is 234 cm³/mol. The van der Waals surface area contributed by atoms with E-state index >= 15 is 0 Å². The lowest BCUT2D eigenvalue weighted by atomic mass is 10.0. The van der Waals surface area contributed by atoms with E-state index in [2.05, 4.69) is 138 Å². The van der Waals surface area contributed by atoms with Crippen molar-refractivity contribution in [3.63, 3.8) is 0 Å². The van der Waals surface area contributed by atoms with Gasteiger partial charge < -0.3 is 4.57 Å². The number of thiophene rings is 1. The molecule has 0 fully saturated rings. The molecule has 0 aliphatic carbocycles. The van der Waals surface area contributed by atoms with Gasteiger partial charge in [0.05, 0.1) is 11.0 Å². The molecule has 11 rings (SSSR count). The Labute approximate surface area is 327 Å².